The van der Waals surface area contributed by atoms with Crippen molar-refractivity contribution in [2.45, 2.75) is 22.5 Å². The Balaban J connectivity index is 1.08. The van der Waals surface area contributed by atoms with Crippen LogP contribution in [0, 0.1) is 13.8 Å². The summed E-state index contributed by atoms with van der Waals surface area (Å²) in [6, 6.07) is 41.5. The highest BCUT2D eigenvalue weighted by atomic mass is 32.3. The second-order valence-corrected chi connectivity index (χ2v) is 16.8. The van der Waals surface area contributed by atoms with Crippen molar-refractivity contribution >= 4 is 96.6 Å². The summed E-state index contributed by atoms with van der Waals surface area (Å²) in [6.45, 7) is 4.25. The first kappa shape index (κ1) is 28.6. The number of para-hydroxylation sites is 4. The standard InChI is InChI=1S/C40H26N4O2S3/c1-23-9-7-13-29-27-11-3-5-15-33(27)43(37(23)29)25-17-19-31-35(21-25)47-39(41-31)49(45,46)40-42-32-20-18-26(22-36(32)48-40)44-34-16-6-4-12-28(34)30-14-8-10-24(2)38(30)44/h3-22H,1-2H3. The number of sulfone groups is 1. The maximum absolute atomic E-state index is 14.1. The van der Waals surface area contributed by atoms with E-state index < -0.39 is 9.84 Å². The lowest BCUT2D eigenvalue weighted by molar-refractivity contribution is 0.595. The zero-order chi connectivity index (χ0) is 33.0. The molecule has 0 fully saturated rings. The fourth-order valence-electron chi connectivity index (χ4n) is 7.28. The lowest BCUT2D eigenvalue weighted by atomic mass is 10.1. The van der Waals surface area contributed by atoms with Crippen molar-refractivity contribution in [3.8, 4) is 11.4 Å². The molecule has 9 heteroatoms. The van der Waals surface area contributed by atoms with Gasteiger partial charge >= 0.3 is 0 Å². The number of thiazole rings is 2. The zero-order valence-corrected chi connectivity index (χ0v) is 28.8. The first-order chi connectivity index (χ1) is 23.9. The maximum Gasteiger partial charge on any atom is 0.260 e. The van der Waals surface area contributed by atoms with Crippen LogP contribution in [0.5, 0.6) is 0 Å². The van der Waals surface area contributed by atoms with Crippen LogP contribution in [0.2, 0.25) is 0 Å². The number of hydrogen-bond donors (Lipinski definition) is 0. The molecule has 4 heterocycles. The third-order valence-corrected chi connectivity index (χ3v) is 14.0. The van der Waals surface area contributed by atoms with Crippen LogP contribution >= 0.6 is 22.7 Å². The van der Waals surface area contributed by atoms with Crippen LogP contribution in [-0.2, 0) is 9.84 Å². The fraction of sp³-hybridized carbons (Fsp3) is 0.0500. The average molecular weight is 691 g/mol. The molecular formula is C40H26N4O2S3. The summed E-state index contributed by atoms with van der Waals surface area (Å²) in [7, 11) is -3.95. The molecule has 10 rings (SSSR count). The maximum atomic E-state index is 14.1. The molecule has 0 spiro atoms. The van der Waals surface area contributed by atoms with Gasteiger partial charge in [0, 0.05) is 32.9 Å². The second kappa shape index (κ2) is 10.3. The van der Waals surface area contributed by atoms with Crippen LogP contribution < -0.4 is 0 Å². The number of benzene rings is 6. The molecule has 10 aromatic rings. The Morgan fingerprint density at radius 2 is 0.939 bits per heavy atom. The molecule has 6 nitrogen and oxygen atoms in total. The van der Waals surface area contributed by atoms with Gasteiger partial charge in [0.1, 0.15) is 0 Å². The van der Waals surface area contributed by atoms with Crippen molar-refractivity contribution in [3.63, 3.8) is 0 Å². The third kappa shape index (κ3) is 4.13. The summed E-state index contributed by atoms with van der Waals surface area (Å²) in [4.78, 5) is 9.23. The van der Waals surface area contributed by atoms with Gasteiger partial charge in [-0.2, -0.15) is 0 Å². The van der Waals surface area contributed by atoms with E-state index in [1.807, 2.05) is 48.5 Å². The minimum Gasteiger partial charge on any atom is -0.309 e. The van der Waals surface area contributed by atoms with E-state index in [0.717, 1.165) is 42.8 Å². The van der Waals surface area contributed by atoms with Gasteiger partial charge < -0.3 is 9.13 Å². The molecule has 236 valence electrons. The van der Waals surface area contributed by atoms with Crippen molar-refractivity contribution < 1.29 is 8.42 Å². The van der Waals surface area contributed by atoms with Crippen LogP contribution in [0.25, 0.3) is 75.4 Å². The Morgan fingerprint density at radius 3 is 1.41 bits per heavy atom. The van der Waals surface area contributed by atoms with Gasteiger partial charge in [0.15, 0.2) is 0 Å². The minimum atomic E-state index is -3.95. The smallest absolute Gasteiger partial charge is 0.260 e. The summed E-state index contributed by atoms with van der Waals surface area (Å²) in [5, 5.41) is 4.74. The predicted molar refractivity (Wildman–Crippen MR) is 203 cm³/mol. The van der Waals surface area contributed by atoms with E-state index in [2.05, 4.69) is 106 Å². The van der Waals surface area contributed by atoms with E-state index in [9.17, 15) is 8.42 Å². The normalized spacial score (nSPS) is 12.4. The molecule has 0 unspecified atom stereocenters. The molecule has 0 radical (unpaired) electrons. The van der Waals surface area contributed by atoms with Crippen LogP contribution in [0.3, 0.4) is 0 Å². The molecular weight excluding hydrogens is 665 g/mol. The second-order valence-electron chi connectivity index (χ2n) is 12.4. The number of fused-ring (bicyclic) bond motifs is 8. The molecule has 49 heavy (non-hydrogen) atoms. The number of hydrogen-bond acceptors (Lipinski definition) is 6. The van der Waals surface area contributed by atoms with E-state index in [4.69, 9.17) is 0 Å². The molecule has 0 saturated heterocycles. The monoisotopic (exact) mass is 690 g/mol. The molecule has 0 N–H and O–H groups in total. The quantitative estimate of drug-likeness (QED) is 0.184. The Morgan fingerprint density at radius 1 is 0.510 bits per heavy atom. The first-order valence-electron chi connectivity index (χ1n) is 15.9. The molecule has 0 aliphatic heterocycles. The van der Waals surface area contributed by atoms with Crippen LogP contribution in [0.4, 0.5) is 0 Å². The highest BCUT2D eigenvalue weighted by Gasteiger charge is 2.27. The van der Waals surface area contributed by atoms with Gasteiger partial charge in [-0.05, 0) is 73.5 Å². The van der Waals surface area contributed by atoms with Gasteiger partial charge in [0.2, 0.25) is 8.68 Å². The fourth-order valence-corrected chi connectivity index (χ4v) is 11.4. The zero-order valence-electron chi connectivity index (χ0n) is 26.4. The highest BCUT2D eigenvalue weighted by molar-refractivity contribution is 7.95. The first-order valence-corrected chi connectivity index (χ1v) is 19.0. The predicted octanol–water partition coefficient (Wildman–Crippen LogP) is 10.5. The van der Waals surface area contributed by atoms with Gasteiger partial charge in [-0.1, -0.05) is 72.8 Å². The van der Waals surface area contributed by atoms with E-state index in [1.54, 1.807) is 0 Å². The molecule has 0 aliphatic rings. The third-order valence-electron chi connectivity index (χ3n) is 9.47. The molecule has 0 aliphatic carbocycles. The van der Waals surface area contributed by atoms with Gasteiger partial charge in [-0.3, -0.25) is 0 Å². The minimum absolute atomic E-state index is 0.0513. The average Bonchev–Trinajstić information content (AvgIpc) is 3.89. The molecule has 0 saturated carbocycles. The van der Waals surface area contributed by atoms with Gasteiger partial charge in [0.05, 0.1) is 42.5 Å². The number of nitrogens with zero attached hydrogens (tertiary/aromatic N) is 4. The van der Waals surface area contributed by atoms with Crippen molar-refractivity contribution in [2.75, 3.05) is 0 Å². The number of rotatable bonds is 4. The van der Waals surface area contributed by atoms with Crippen molar-refractivity contribution in [3.05, 3.63) is 132 Å². The van der Waals surface area contributed by atoms with Crippen molar-refractivity contribution in [2.24, 2.45) is 0 Å². The lowest BCUT2D eigenvalue weighted by Crippen LogP contribution is -2.00. The number of aryl methyl sites for hydroxylation is 2. The van der Waals surface area contributed by atoms with Crippen molar-refractivity contribution in [1.82, 2.24) is 19.1 Å². The Labute approximate surface area is 289 Å². The van der Waals surface area contributed by atoms with Gasteiger partial charge in [0.25, 0.3) is 9.84 Å². The van der Waals surface area contributed by atoms with Crippen LogP contribution in [0.15, 0.2) is 130 Å². The van der Waals surface area contributed by atoms with E-state index >= 15 is 0 Å². The topological polar surface area (TPSA) is 69.8 Å². The summed E-state index contributed by atoms with van der Waals surface area (Å²) < 4.78 is 34.4. The van der Waals surface area contributed by atoms with E-state index in [1.165, 1.54) is 55.3 Å². The summed E-state index contributed by atoms with van der Waals surface area (Å²) >= 11 is 2.38. The summed E-state index contributed by atoms with van der Waals surface area (Å²) in [5.41, 5.74) is 10.1. The molecule has 4 aromatic heterocycles. The Kier molecular flexibility index (Phi) is 6.04. The molecule has 0 bridgehead atoms. The van der Waals surface area contributed by atoms with Crippen LogP contribution in [0.1, 0.15) is 11.1 Å². The molecule has 0 amide bonds. The lowest BCUT2D eigenvalue weighted by Gasteiger charge is -2.09. The van der Waals surface area contributed by atoms with E-state index in [-0.39, 0.29) is 8.68 Å². The molecule has 0 atom stereocenters. The highest BCUT2D eigenvalue weighted by Crippen LogP contribution is 2.39. The summed E-state index contributed by atoms with van der Waals surface area (Å²) in [6.07, 6.45) is 0. The number of aromatic nitrogens is 4. The SMILES string of the molecule is Cc1cccc2c3ccccc3n(-c3ccc4nc(S(=O)(=O)c5nc6ccc(-n7c8ccccc8c8cccc(C)c87)cc6s5)sc4c3)c12. The van der Waals surface area contributed by atoms with Crippen LogP contribution in [-0.4, -0.2) is 27.5 Å². The van der Waals surface area contributed by atoms with E-state index in [0.29, 0.717) is 11.0 Å². The Bertz CT molecular complexity index is 2900. The van der Waals surface area contributed by atoms with Crippen molar-refractivity contribution in [1.29, 1.82) is 0 Å². The summed E-state index contributed by atoms with van der Waals surface area (Å²) in [5.74, 6) is 0. The molecule has 6 aromatic carbocycles. The Hall–Kier alpha value is -5.35. The van der Waals surface area contributed by atoms with Gasteiger partial charge in [-0.25, -0.2) is 18.4 Å². The largest absolute Gasteiger partial charge is 0.309 e. The van der Waals surface area contributed by atoms with Gasteiger partial charge in [-0.15, -0.1) is 22.7 Å².